The number of hydrogen-bond acceptors (Lipinski definition) is 2. The van der Waals surface area contributed by atoms with Crippen LogP contribution in [0.15, 0.2) is 53.8 Å². The number of fused-ring (bicyclic) bond motifs is 1. The predicted molar refractivity (Wildman–Crippen MR) is 72.6 cm³/mol. The van der Waals surface area contributed by atoms with Crippen LogP contribution in [0.25, 0.3) is 6.08 Å². The second-order valence-corrected chi connectivity index (χ2v) is 4.51. The fourth-order valence-electron chi connectivity index (χ4n) is 2.40. The smallest absolute Gasteiger partial charge is 0.225 e. The zero-order chi connectivity index (χ0) is 12.5. The van der Waals surface area contributed by atoms with Gasteiger partial charge in [0.15, 0.2) is 0 Å². The molecule has 1 unspecified atom stereocenters. The standard InChI is InChI=1S/C15H14N2O/c16-15(18)12-5-3-7-14-11(12)9-8-10-4-1-2-6-13(10)17-14/h1-4,6-9,12,17H,5H2,(H2,16,18). The van der Waals surface area contributed by atoms with E-state index in [0.717, 1.165) is 22.5 Å². The molecule has 1 amide bonds. The highest BCUT2D eigenvalue weighted by Crippen LogP contribution is 2.32. The van der Waals surface area contributed by atoms with Crippen molar-refractivity contribution in [1.82, 2.24) is 0 Å². The summed E-state index contributed by atoms with van der Waals surface area (Å²) < 4.78 is 0. The first-order chi connectivity index (χ1) is 8.75. The first kappa shape index (κ1) is 10.8. The molecule has 0 saturated heterocycles. The SMILES string of the molecule is NC(=O)C1CC=CC2=C1C=Cc1ccccc1N2. The predicted octanol–water partition coefficient (Wildman–Crippen LogP) is 2.44. The van der Waals surface area contributed by atoms with Crippen LogP contribution in [-0.4, -0.2) is 5.91 Å². The van der Waals surface area contributed by atoms with Gasteiger partial charge in [0.1, 0.15) is 0 Å². The van der Waals surface area contributed by atoms with Crippen LogP contribution in [0, 0.1) is 5.92 Å². The highest BCUT2D eigenvalue weighted by molar-refractivity contribution is 5.84. The molecule has 0 radical (unpaired) electrons. The van der Waals surface area contributed by atoms with E-state index in [2.05, 4.69) is 5.32 Å². The Kier molecular flexibility index (Phi) is 2.52. The Morgan fingerprint density at radius 3 is 2.89 bits per heavy atom. The van der Waals surface area contributed by atoms with E-state index in [0.29, 0.717) is 6.42 Å². The minimum absolute atomic E-state index is 0.233. The molecule has 3 rings (SSSR count). The van der Waals surface area contributed by atoms with E-state index in [1.54, 1.807) is 0 Å². The minimum Gasteiger partial charge on any atom is -0.369 e. The second kappa shape index (κ2) is 4.18. The number of rotatable bonds is 1. The number of carbonyl (C=O) groups excluding carboxylic acids is 1. The Morgan fingerprint density at radius 1 is 1.22 bits per heavy atom. The van der Waals surface area contributed by atoms with Crippen molar-refractivity contribution in [2.75, 3.05) is 5.32 Å². The number of allylic oxidation sites excluding steroid dienone is 3. The summed E-state index contributed by atoms with van der Waals surface area (Å²) in [6, 6.07) is 8.05. The summed E-state index contributed by atoms with van der Waals surface area (Å²) in [5.41, 5.74) is 9.56. The summed E-state index contributed by atoms with van der Waals surface area (Å²) in [5.74, 6) is -0.507. The van der Waals surface area contributed by atoms with Gasteiger partial charge in [0, 0.05) is 11.4 Å². The van der Waals surface area contributed by atoms with E-state index in [9.17, 15) is 4.79 Å². The summed E-state index contributed by atoms with van der Waals surface area (Å²) in [4.78, 5) is 11.5. The van der Waals surface area contributed by atoms with E-state index in [-0.39, 0.29) is 11.8 Å². The highest BCUT2D eigenvalue weighted by atomic mass is 16.1. The third-order valence-corrected chi connectivity index (χ3v) is 3.36. The molecule has 0 aromatic heterocycles. The van der Waals surface area contributed by atoms with Gasteiger partial charge in [0.25, 0.3) is 0 Å². The summed E-state index contributed by atoms with van der Waals surface area (Å²) in [7, 11) is 0. The van der Waals surface area contributed by atoms with Crippen molar-refractivity contribution in [1.29, 1.82) is 0 Å². The Bertz CT molecular complexity index is 596. The lowest BCUT2D eigenvalue weighted by atomic mass is 9.89. The molecule has 1 aromatic carbocycles. The van der Waals surface area contributed by atoms with E-state index < -0.39 is 0 Å². The quantitative estimate of drug-likeness (QED) is 0.789. The van der Waals surface area contributed by atoms with Crippen LogP contribution in [0.4, 0.5) is 5.69 Å². The lowest BCUT2D eigenvalue weighted by Gasteiger charge is -2.20. The molecule has 1 aromatic rings. The van der Waals surface area contributed by atoms with Gasteiger partial charge in [-0.25, -0.2) is 0 Å². The lowest BCUT2D eigenvalue weighted by Crippen LogP contribution is -2.26. The van der Waals surface area contributed by atoms with Gasteiger partial charge in [-0.3, -0.25) is 4.79 Å². The molecule has 3 heteroatoms. The molecule has 3 nitrogen and oxygen atoms in total. The normalized spacial score (nSPS) is 20.8. The summed E-state index contributed by atoms with van der Waals surface area (Å²) in [6.45, 7) is 0. The maximum absolute atomic E-state index is 11.5. The van der Waals surface area contributed by atoms with Crippen LogP contribution in [-0.2, 0) is 4.79 Å². The van der Waals surface area contributed by atoms with Crippen LogP contribution in [0.1, 0.15) is 12.0 Å². The van der Waals surface area contributed by atoms with Crippen molar-refractivity contribution in [2.45, 2.75) is 6.42 Å². The van der Waals surface area contributed by atoms with Crippen molar-refractivity contribution in [2.24, 2.45) is 11.7 Å². The number of para-hydroxylation sites is 1. The maximum Gasteiger partial charge on any atom is 0.225 e. The third-order valence-electron chi connectivity index (χ3n) is 3.36. The van der Waals surface area contributed by atoms with Gasteiger partial charge in [-0.05, 0) is 29.7 Å². The molecule has 1 aliphatic carbocycles. The molecule has 2 aliphatic rings. The number of anilines is 1. The second-order valence-electron chi connectivity index (χ2n) is 4.51. The fourth-order valence-corrected chi connectivity index (χ4v) is 2.40. The fraction of sp³-hybridized carbons (Fsp3) is 0.133. The molecule has 1 atom stereocenters. The molecule has 1 aliphatic heterocycles. The van der Waals surface area contributed by atoms with Gasteiger partial charge < -0.3 is 11.1 Å². The number of amides is 1. The summed E-state index contributed by atoms with van der Waals surface area (Å²) in [5, 5.41) is 3.37. The number of benzene rings is 1. The van der Waals surface area contributed by atoms with Gasteiger partial charge in [0.05, 0.1) is 5.92 Å². The van der Waals surface area contributed by atoms with Crippen LogP contribution in [0.2, 0.25) is 0 Å². The molecule has 0 fully saturated rings. The Morgan fingerprint density at radius 2 is 2.06 bits per heavy atom. The number of nitrogens with one attached hydrogen (secondary N) is 1. The van der Waals surface area contributed by atoms with Crippen molar-refractivity contribution in [3.63, 3.8) is 0 Å². The lowest BCUT2D eigenvalue weighted by molar-refractivity contribution is -0.120. The zero-order valence-corrected chi connectivity index (χ0v) is 9.89. The molecule has 90 valence electrons. The van der Waals surface area contributed by atoms with Crippen LogP contribution < -0.4 is 11.1 Å². The highest BCUT2D eigenvalue weighted by Gasteiger charge is 2.24. The van der Waals surface area contributed by atoms with Gasteiger partial charge in [-0.2, -0.15) is 0 Å². The minimum atomic E-state index is -0.274. The summed E-state index contributed by atoms with van der Waals surface area (Å²) in [6.07, 6.45) is 8.70. The Labute approximate surface area is 106 Å². The largest absolute Gasteiger partial charge is 0.369 e. The van der Waals surface area contributed by atoms with Crippen molar-refractivity contribution in [3.8, 4) is 0 Å². The van der Waals surface area contributed by atoms with Gasteiger partial charge in [0.2, 0.25) is 5.91 Å². The summed E-state index contributed by atoms with van der Waals surface area (Å²) >= 11 is 0. The molecule has 1 heterocycles. The monoisotopic (exact) mass is 238 g/mol. The Hall–Kier alpha value is -2.29. The average Bonchev–Trinajstić information content (AvgIpc) is 2.56. The van der Waals surface area contributed by atoms with Crippen LogP contribution >= 0.6 is 0 Å². The van der Waals surface area contributed by atoms with Crippen LogP contribution in [0.5, 0.6) is 0 Å². The Balaban J connectivity index is 2.08. The van der Waals surface area contributed by atoms with E-state index in [1.165, 1.54) is 0 Å². The number of hydrogen-bond donors (Lipinski definition) is 2. The third kappa shape index (κ3) is 1.74. The van der Waals surface area contributed by atoms with Gasteiger partial charge in [-0.1, -0.05) is 36.4 Å². The number of carbonyl (C=O) groups is 1. The molecule has 0 spiro atoms. The van der Waals surface area contributed by atoms with Crippen molar-refractivity contribution < 1.29 is 4.79 Å². The van der Waals surface area contributed by atoms with Gasteiger partial charge in [-0.15, -0.1) is 0 Å². The first-order valence-electron chi connectivity index (χ1n) is 6.00. The number of primary amides is 1. The van der Waals surface area contributed by atoms with Crippen LogP contribution in [0.3, 0.4) is 0 Å². The van der Waals surface area contributed by atoms with E-state index in [4.69, 9.17) is 5.73 Å². The zero-order valence-electron chi connectivity index (χ0n) is 9.89. The number of nitrogens with two attached hydrogens (primary N) is 1. The van der Waals surface area contributed by atoms with Crippen molar-refractivity contribution >= 4 is 17.7 Å². The van der Waals surface area contributed by atoms with Gasteiger partial charge >= 0.3 is 0 Å². The molecule has 3 N–H and O–H groups in total. The molecule has 0 bridgehead atoms. The maximum atomic E-state index is 11.5. The molecule has 0 saturated carbocycles. The van der Waals surface area contributed by atoms with E-state index in [1.807, 2.05) is 48.6 Å². The molecular weight excluding hydrogens is 224 g/mol. The van der Waals surface area contributed by atoms with Crippen molar-refractivity contribution in [3.05, 3.63) is 59.3 Å². The topological polar surface area (TPSA) is 55.1 Å². The average molecular weight is 238 g/mol. The molecular formula is C15H14N2O. The molecule has 18 heavy (non-hydrogen) atoms. The van der Waals surface area contributed by atoms with E-state index >= 15 is 0 Å². The first-order valence-corrected chi connectivity index (χ1v) is 6.00.